The standard InChI is InChI=1S/C19H27N5OS/c1-14-11-22-19(26-14)23-18-17(20-6-7-21-18)16-3-2-8-24(13-16)12-15-4-9-25-10-5-15/h6-7,11,15-16H,2-5,8-10,12-13H2,1H3,(H,21,22,23). The molecule has 1 atom stereocenters. The van der Waals surface area contributed by atoms with Gasteiger partial charge < -0.3 is 15.0 Å². The molecule has 1 N–H and O–H groups in total. The van der Waals surface area contributed by atoms with Crippen molar-refractivity contribution < 1.29 is 4.74 Å². The quantitative estimate of drug-likeness (QED) is 0.864. The molecule has 0 spiro atoms. The molecule has 4 heterocycles. The van der Waals surface area contributed by atoms with Crippen molar-refractivity contribution in [1.82, 2.24) is 19.9 Å². The Hall–Kier alpha value is -1.57. The Morgan fingerprint density at radius 3 is 2.85 bits per heavy atom. The maximum atomic E-state index is 5.50. The Morgan fingerprint density at radius 2 is 2.04 bits per heavy atom. The van der Waals surface area contributed by atoms with Crippen LogP contribution in [0.3, 0.4) is 0 Å². The van der Waals surface area contributed by atoms with Crippen LogP contribution in [0.5, 0.6) is 0 Å². The van der Waals surface area contributed by atoms with Crippen molar-refractivity contribution in [3.8, 4) is 0 Å². The summed E-state index contributed by atoms with van der Waals surface area (Å²) in [6.07, 6.45) is 10.2. The predicted molar refractivity (Wildman–Crippen MR) is 104 cm³/mol. The lowest BCUT2D eigenvalue weighted by Crippen LogP contribution is -2.39. The van der Waals surface area contributed by atoms with Gasteiger partial charge in [-0.15, -0.1) is 11.3 Å². The van der Waals surface area contributed by atoms with Crippen molar-refractivity contribution >= 4 is 22.3 Å². The minimum absolute atomic E-state index is 0.431. The average molecular weight is 374 g/mol. The molecule has 6 nitrogen and oxygen atoms in total. The van der Waals surface area contributed by atoms with Crippen LogP contribution in [0.15, 0.2) is 18.6 Å². The molecule has 0 amide bonds. The molecule has 2 aliphatic heterocycles. The van der Waals surface area contributed by atoms with Crippen LogP contribution in [0.2, 0.25) is 0 Å². The number of thiazole rings is 1. The molecular formula is C19H27N5OS. The van der Waals surface area contributed by atoms with E-state index < -0.39 is 0 Å². The van der Waals surface area contributed by atoms with Gasteiger partial charge in [0.05, 0.1) is 5.69 Å². The maximum Gasteiger partial charge on any atom is 0.188 e. The minimum Gasteiger partial charge on any atom is -0.381 e. The lowest BCUT2D eigenvalue weighted by atomic mass is 9.92. The van der Waals surface area contributed by atoms with E-state index in [2.05, 4.69) is 27.1 Å². The lowest BCUT2D eigenvalue weighted by Gasteiger charge is -2.36. The SMILES string of the molecule is Cc1cnc(Nc2nccnc2C2CCCN(CC3CCOCC3)C2)s1. The summed E-state index contributed by atoms with van der Waals surface area (Å²) in [4.78, 5) is 17.5. The third kappa shape index (κ3) is 4.39. The van der Waals surface area contributed by atoms with E-state index in [9.17, 15) is 0 Å². The summed E-state index contributed by atoms with van der Waals surface area (Å²) in [5.41, 5.74) is 1.08. The van der Waals surface area contributed by atoms with Crippen LogP contribution in [0, 0.1) is 12.8 Å². The van der Waals surface area contributed by atoms with Gasteiger partial charge in [0.2, 0.25) is 0 Å². The number of aryl methyl sites for hydroxylation is 1. The third-order valence-electron chi connectivity index (χ3n) is 5.32. The first-order chi connectivity index (χ1) is 12.8. The van der Waals surface area contributed by atoms with Crippen molar-refractivity contribution in [2.24, 2.45) is 5.92 Å². The first-order valence-corrected chi connectivity index (χ1v) is 10.4. The van der Waals surface area contributed by atoms with Gasteiger partial charge in [0.15, 0.2) is 10.9 Å². The molecule has 0 bridgehead atoms. The molecule has 0 aliphatic carbocycles. The first-order valence-electron chi connectivity index (χ1n) is 9.58. The number of aromatic nitrogens is 3. The van der Waals surface area contributed by atoms with Crippen molar-refractivity contribution in [2.45, 2.75) is 38.5 Å². The number of rotatable bonds is 5. The maximum absolute atomic E-state index is 5.50. The van der Waals surface area contributed by atoms with Gasteiger partial charge in [-0.25, -0.2) is 9.97 Å². The predicted octanol–water partition coefficient (Wildman–Crippen LogP) is 3.59. The van der Waals surface area contributed by atoms with Crippen LogP contribution >= 0.6 is 11.3 Å². The molecule has 4 rings (SSSR count). The molecule has 2 aliphatic rings. The molecule has 26 heavy (non-hydrogen) atoms. The average Bonchev–Trinajstić information content (AvgIpc) is 3.08. The first kappa shape index (κ1) is 17.8. The molecular weight excluding hydrogens is 346 g/mol. The van der Waals surface area contributed by atoms with Crippen molar-refractivity contribution in [2.75, 3.05) is 38.2 Å². The molecule has 1 unspecified atom stereocenters. The van der Waals surface area contributed by atoms with E-state index in [4.69, 9.17) is 9.72 Å². The summed E-state index contributed by atoms with van der Waals surface area (Å²) < 4.78 is 5.50. The van der Waals surface area contributed by atoms with Gasteiger partial charge >= 0.3 is 0 Å². The highest BCUT2D eigenvalue weighted by molar-refractivity contribution is 7.15. The summed E-state index contributed by atoms with van der Waals surface area (Å²) >= 11 is 1.65. The molecule has 2 fully saturated rings. The fraction of sp³-hybridized carbons (Fsp3) is 0.632. The van der Waals surface area contributed by atoms with E-state index in [1.165, 1.54) is 43.6 Å². The van der Waals surface area contributed by atoms with Crippen molar-refractivity contribution in [1.29, 1.82) is 0 Å². The second-order valence-electron chi connectivity index (χ2n) is 7.35. The smallest absolute Gasteiger partial charge is 0.188 e. The van der Waals surface area contributed by atoms with Gasteiger partial charge in [-0.2, -0.15) is 0 Å². The topological polar surface area (TPSA) is 63.2 Å². The van der Waals surface area contributed by atoms with Gasteiger partial charge in [0, 0.05) is 55.7 Å². The van der Waals surface area contributed by atoms with E-state index in [0.29, 0.717) is 5.92 Å². The van der Waals surface area contributed by atoms with Crippen LogP contribution in [0.1, 0.15) is 42.2 Å². The van der Waals surface area contributed by atoms with Crippen LogP contribution < -0.4 is 5.32 Å². The Morgan fingerprint density at radius 1 is 1.19 bits per heavy atom. The van der Waals surface area contributed by atoms with E-state index in [0.717, 1.165) is 42.3 Å². The number of hydrogen-bond acceptors (Lipinski definition) is 7. The van der Waals surface area contributed by atoms with Gasteiger partial charge in [0.25, 0.3) is 0 Å². The van der Waals surface area contributed by atoms with Crippen LogP contribution in [0.25, 0.3) is 0 Å². The number of anilines is 2. The molecule has 140 valence electrons. The Balaban J connectivity index is 1.44. The summed E-state index contributed by atoms with van der Waals surface area (Å²) in [5, 5.41) is 4.27. The zero-order chi connectivity index (χ0) is 17.8. The van der Waals surface area contributed by atoms with Crippen molar-refractivity contribution in [3.63, 3.8) is 0 Å². The van der Waals surface area contributed by atoms with Gasteiger partial charge in [0.1, 0.15) is 0 Å². The number of nitrogens with zero attached hydrogens (tertiary/aromatic N) is 4. The second-order valence-corrected chi connectivity index (χ2v) is 8.58. The largest absolute Gasteiger partial charge is 0.381 e. The normalized spacial score (nSPS) is 22.4. The summed E-state index contributed by atoms with van der Waals surface area (Å²) in [6, 6.07) is 0. The number of likely N-dealkylation sites (tertiary alicyclic amines) is 1. The van der Waals surface area contributed by atoms with Gasteiger partial charge in [-0.1, -0.05) is 0 Å². The highest BCUT2D eigenvalue weighted by Crippen LogP contribution is 2.32. The van der Waals surface area contributed by atoms with E-state index in [1.54, 1.807) is 17.5 Å². The summed E-state index contributed by atoms with van der Waals surface area (Å²) in [7, 11) is 0. The van der Waals surface area contributed by atoms with Crippen LogP contribution in [-0.2, 0) is 4.74 Å². The molecule has 2 saturated heterocycles. The zero-order valence-corrected chi connectivity index (χ0v) is 16.2. The summed E-state index contributed by atoms with van der Waals surface area (Å²) in [5.74, 6) is 2.07. The fourth-order valence-corrected chi connectivity index (χ4v) is 4.66. The van der Waals surface area contributed by atoms with E-state index >= 15 is 0 Å². The second kappa shape index (κ2) is 8.41. The molecule has 2 aromatic rings. The number of hydrogen-bond donors (Lipinski definition) is 1. The Kier molecular flexibility index (Phi) is 5.77. The van der Waals surface area contributed by atoms with Crippen LogP contribution in [-0.4, -0.2) is 52.7 Å². The molecule has 0 aromatic carbocycles. The molecule has 0 saturated carbocycles. The van der Waals surface area contributed by atoms with Gasteiger partial charge in [-0.05, 0) is 45.1 Å². The Bertz CT molecular complexity index is 715. The zero-order valence-electron chi connectivity index (χ0n) is 15.4. The Labute approximate surface area is 159 Å². The number of ether oxygens (including phenoxy) is 1. The fourth-order valence-electron chi connectivity index (χ4n) is 4.00. The highest BCUT2D eigenvalue weighted by Gasteiger charge is 2.27. The molecule has 7 heteroatoms. The highest BCUT2D eigenvalue weighted by atomic mass is 32.1. The van der Waals surface area contributed by atoms with E-state index in [1.807, 2.05) is 12.4 Å². The number of piperidine rings is 1. The molecule has 0 radical (unpaired) electrons. The number of nitrogens with one attached hydrogen (secondary N) is 1. The monoisotopic (exact) mass is 373 g/mol. The summed E-state index contributed by atoms with van der Waals surface area (Å²) in [6.45, 7) is 7.37. The third-order valence-corrected chi connectivity index (χ3v) is 6.15. The molecule has 2 aromatic heterocycles. The van der Waals surface area contributed by atoms with Crippen molar-refractivity contribution in [3.05, 3.63) is 29.2 Å². The van der Waals surface area contributed by atoms with E-state index in [-0.39, 0.29) is 0 Å². The van der Waals surface area contributed by atoms with Gasteiger partial charge in [-0.3, -0.25) is 4.98 Å². The lowest BCUT2D eigenvalue weighted by molar-refractivity contribution is 0.0482. The minimum atomic E-state index is 0.431. The van der Waals surface area contributed by atoms with Crippen LogP contribution in [0.4, 0.5) is 10.9 Å².